The van der Waals surface area contributed by atoms with Gasteiger partial charge in [-0.2, -0.15) is 4.98 Å². The van der Waals surface area contributed by atoms with Gasteiger partial charge in [0.05, 0.1) is 19.6 Å². The highest BCUT2D eigenvalue weighted by atomic mass is 35.5. The molecule has 1 fully saturated rings. The Labute approximate surface area is 191 Å². The lowest BCUT2D eigenvalue weighted by atomic mass is 10.1. The van der Waals surface area contributed by atoms with Gasteiger partial charge in [0, 0.05) is 33.9 Å². The summed E-state index contributed by atoms with van der Waals surface area (Å²) in [6.45, 7) is 7.96. The van der Waals surface area contributed by atoms with Gasteiger partial charge in [-0.25, -0.2) is 4.98 Å². The van der Waals surface area contributed by atoms with Crippen LogP contribution in [0.15, 0.2) is 29.6 Å². The van der Waals surface area contributed by atoms with Gasteiger partial charge in [-0.15, -0.1) is 11.3 Å². The maximum Gasteiger partial charge on any atom is 0.227 e. The predicted molar refractivity (Wildman–Crippen MR) is 123 cm³/mol. The molecule has 0 bridgehead atoms. The molecule has 1 aliphatic rings. The molecule has 3 heterocycles. The lowest BCUT2D eigenvalue weighted by molar-refractivity contribution is -0.139. The van der Waals surface area contributed by atoms with E-state index in [0.717, 1.165) is 27.2 Å². The Kier molecular flexibility index (Phi) is 6.74. The minimum absolute atomic E-state index is 0.0907. The molecule has 1 amide bonds. The monoisotopic (exact) mass is 459 g/mol. The summed E-state index contributed by atoms with van der Waals surface area (Å²) in [5, 5.41) is 3.78. The van der Waals surface area contributed by atoms with Crippen molar-refractivity contribution in [1.82, 2.24) is 14.9 Å². The Morgan fingerprint density at radius 2 is 2.19 bits per heavy atom. The molecule has 3 aromatic rings. The van der Waals surface area contributed by atoms with Crippen LogP contribution < -0.4 is 4.74 Å². The van der Waals surface area contributed by atoms with E-state index in [9.17, 15) is 4.79 Å². The Morgan fingerprint density at radius 3 is 3.00 bits per heavy atom. The molecule has 0 radical (unpaired) electrons. The maximum absolute atomic E-state index is 13.0. The second-order valence-corrected chi connectivity index (χ2v) is 9.43. The highest BCUT2D eigenvalue weighted by Crippen LogP contribution is 2.29. The SMILES string of the molecule is Cc1cc(OCC2CN(C(=O)Cc3csc4ccc(Cl)cc34)CCO2)nc(C(C)C)n1. The Morgan fingerprint density at radius 1 is 1.35 bits per heavy atom. The van der Waals surface area contributed by atoms with Crippen LogP contribution in [0.4, 0.5) is 0 Å². The number of benzene rings is 1. The average molecular weight is 460 g/mol. The summed E-state index contributed by atoms with van der Waals surface area (Å²) in [5.74, 6) is 1.63. The van der Waals surface area contributed by atoms with Crippen molar-refractivity contribution in [3.63, 3.8) is 0 Å². The zero-order valence-electron chi connectivity index (χ0n) is 17.9. The first-order chi connectivity index (χ1) is 14.9. The van der Waals surface area contributed by atoms with E-state index >= 15 is 0 Å². The molecule has 1 aliphatic heterocycles. The van der Waals surface area contributed by atoms with Gasteiger partial charge in [-0.1, -0.05) is 25.4 Å². The fraction of sp³-hybridized carbons (Fsp3) is 0.435. The smallest absolute Gasteiger partial charge is 0.227 e. The van der Waals surface area contributed by atoms with Crippen LogP contribution in [0.5, 0.6) is 5.88 Å². The molecule has 2 aromatic heterocycles. The highest BCUT2D eigenvalue weighted by Gasteiger charge is 2.25. The molecule has 1 saturated heterocycles. The number of fused-ring (bicyclic) bond motifs is 1. The Balaban J connectivity index is 1.37. The molecule has 0 saturated carbocycles. The summed E-state index contributed by atoms with van der Waals surface area (Å²) >= 11 is 7.78. The highest BCUT2D eigenvalue weighted by molar-refractivity contribution is 7.17. The fourth-order valence-corrected chi connectivity index (χ4v) is 4.70. The molecule has 0 spiro atoms. The number of nitrogens with zero attached hydrogens (tertiary/aromatic N) is 3. The summed E-state index contributed by atoms with van der Waals surface area (Å²) < 4.78 is 12.9. The molecule has 31 heavy (non-hydrogen) atoms. The number of morpholine rings is 1. The van der Waals surface area contributed by atoms with Crippen LogP contribution in [0.1, 0.15) is 36.8 Å². The summed E-state index contributed by atoms with van der Waals surface area (Å²) in [7, 11) is 0. The minimum atomic E-state index is -0.191. The number of hydrogen-bond acceptors (Lipinski definition) is 6. The third-order valence-electron chi connectivity index (χ3n) is 5.23. The van der Waals surface area contributed by atoms with Crippen LogP contribution in [-0.4, -0.2) is 53.2 Å². The molecule has 164 valence electrons. The number of hydrogen-bond donors (Lipinski definition) is 0. The minimum Gasteiger partial charge on any atom is -0.475 e. The standard InChI is InChI=1S/C23H26ClN3O3S/c1-14(2)23-25-15(3)8-21(26-23)30-12-18-11-27(6-7-29-18)22(28)9-16-13-31-20-5-4-17(24)10-19(16)20/h4-5,8,10,13-14,18H,6-7,9,11-12H2,1-3H3. The molecule has 1 aromatic carbocycles. The van der Waals surface area contributed by atoms with E-state index in [1.807, 2.05) is 41.5 Å². The number of aromatic nitrogens is 2. The normalized spacial score (nSPS) is 16.8. The molecular formula is C23H26ClN3O3S. The van der Waals surface area contributed by atoms with Gasteiger partial charge in [0.1, 0.15) is 18.5 Å². The second-order valence-electron chi connectivity index (χ2n) is 8.08. The topological polar surface area (TPSA) is 64.5 Å². The van der Waals surface area contributed by atoms with E-state index in [4.69, 9.17) is 21.1 Å². The molecular weight excluding hydrogens is 434 g/mol. The lowest BCUT2D eigenvalue weighted by Crippen LogP contribution is -2.48. The summed E-state index contributed by atoms with van der Waals surface area (Å²) in [6, 6.07) is 7.63. The molecule has 1 atom stereocenters. The van der Waals surface area contributed by atoms with Crippen molar-refractivity contribution in [3.05, 3.63) is 51.7 Å². The Bertz CT molecular complexity index is 1090. The summed E-state index contributed by atoms with van der Waals surface area (Å²) in [5.41, 5.74) is 1.89. The van der Waals surface area contributed by atoms with Crippen molar-refractivity contribution >= 4 is 38.9 Å². The maximum atomic E-state index is 13.0. The first kappa shape index (κ1) is 22.0. The third-order valence-corrected chi connectivity index (χ3v) is 6.48. The Hall–Kier alpha value is -2.22. The number of halogens is 1. The lowest BCUT2D eigenvalue weighted by Gasteiger charge is -2.32. The van der Waals surface area contributed by atoms with Crippen molar-refractivity contribution < 1.29 is 14.3 Å². The van der Waals surface area contributed by atoms with Gasteiger partial charge in [0.15, 0.2) is 0 Å². The van der Waals surface area contributed by atoms with Crippen LogP contribution in [0, 0.1) is 6.92 Å². The number of thiophene rings is 1. The molecule has 8 heteroatoms. The quantitative estimate of drug-likeness (QED) is 0.538. The predicted octanol–water partition coefficient (Wildman–Crippen LogP) is 4.63. The first-order valence-corrected chi connectivity index (χ1v) is 11.7. The van der Waals surface area contributed by atoms with Gasteiger partial charge >= 0.3 is 0 Å². The van der Waals surface area contributed by atoms with Gasteiger partial charge in [0.25, 0.3) is 0 Å². The van der Waals surface area contributed by atoms with E-state index in [-0.39, 0.29) is 17.9 Å². The summed E-state index contributed by atoms with van der Waals surface area (Å²) in [4.78, 5) is 23.7. The summed E-state index contributed by atoms with van der Waals surface area (Å²) in [6.07, 6.45) is 0.167. The third kappa shape index (κ3) is 5.34. The number of carbonyl (C=O) groups is 1. The number of ether oxygens (including phenoxy) is 2. The van der Waals surface area contributed by atoms with Crippen LogP contribution in [0.2, 0.25) is 5.02 Å². The van der Waals surface area contributed by atoms with E-state index in [1.165, 1.54) is 0 Å². The number of carbonyl (C=O) groups excluding carboxylic acids is 1. The van der Waals surface area contributed by atoms with Gasteiger partial charge in [0.2, 0.25) is 11.8 Å². The van der Waals surface area contributed by atoms with Crippen molar-refractivity contribution in [2.24, 2.45) is 0 Å². The number of aryl methyl sites for hydroxylation is 1. The van der Waals surface area contributed by atoms with E-state index in [0.29, 0.717) is 43.6 Å². The van der Waals surface area contributed by atoms with Crippen LogP contribution in [0.3, 0.4) is 0 Å². The first-order valence-electron chi connectivity index (χ1n) is 10.4. The van der Waals surface area contributed by atoms with Gasteiger partial charge in [-0.05, 0) is 41.5 Å². The molecule has 0 aliphatic carbocycles. The zero-order valence-corrected chi connectivity index (χ0v) is 19.5. The molecule has 1 unspecified atom stereocenters. The van der Waals surface area contributed by atoms with E-state index in [1.54, 1.807) is 11.3 Å². The van der Waals surface area contributed by atoms with Crippen LogP contribution in [-0.2, 0) is 16.0 Å². The molecule has 6 nitrogen and oxygen atoms in total. The van der Waals surface area contributed by atoms with Crippen LogP contribution >= 0.6 is 22.9 Å². The van der Waals surface area contributed by atoms with Gasteiger partial charge in [-0.3, -0.25) is 4.79 Å². The molecule has 0 N–H and O–H groups in total. The van der Waals surface area contributed by atoms with Crippen molar-refractivity contribution in [2.75, 3.05) is 26.3 Å². The van der Waals surface area contributed by atoms with E-state index < -0.39 is 0 Å². The van der Waals surface area contributed by atoms with Crippen molar-refractivity contribution in [3.8, 4) is 5.88 Å². The largest absolute Gasteiger partial charge is 0.475 e. The van der Waals surface area contributed by atoms with Crippen molar-refractivity contribution in [1.29, 1.82) is 0 Å². The van der Waals surface area contributed by atoms with Crippen molar-refractivity contribution in [2.45, 2.75) is 39.2 Å². The van der Waals surface area contributed by atoms with Crippen LogP contribution in [0.25, 0.3) is 10.1 Å². The van der Waals surface area contributed by atoms with E-state index in [2.05, 4.69) is 23.8 Å². The number of rotatable bonds is 6. The molecule has 4 rings (SSSR count). The fourth-order valence-electron chi connectivity index (χ4n) is 3.58. The number of amides is 1. The van der Waals surface area contributed by atoms with Gasteiger partial charge < -0.3 is 14.4 Å². The zero-order chi connectivity index (χ0) is 22.0. The average Bonchev–Trinajstić information content (AvgIpc) is 3.14. The second kappa shape index (κ2) is 9.51.